The molecule has 134 heavy (non-hydrogen) atoms. The molecular weight excluding hydrogens is 1710 g/mol. The van der Waals surface area contributed by atoms with Crippen molar-refractivity contribution in [2.45, 2.75) is 58.3 Å². The van der Waals surface area contributed by atoms with E-state index in [1.54, 1.807) is 0 Å². The minimum absolute atomic E-state index is 0.888. The Morgan fingerprint density at radius 3 is 1.22 bits per heavy atom. The molecule has 0 amide bonds. The van der Waals surface area contributed by atoms with Gasteiger partial charge in [0.1, 0.15) is 22.3 Å². The number of thiophene rings is 3. The second-order valence-electron chi connectivity index (χ2n) is 33.8. The summed E-state index contributed by atoms with van der Waals surface area (Å²) in [4.78, 5) is 9.94. The van der Waals surface area contributed by atoms with Crippen molar-refractivity contribution >= 4 is 164 Å². The normalized spacial score (nSPS) is 11.5. The van der Waals surface area contributed by atoms with Crippen LogP contribution in [-0.2, 0) is 0 Å². The Morgan fingerprint density at radius 2 is 0.612 bits per heavy atom. The summed E-state index contributed by atoms with van der Waals surface area (Å²) >= 11 is 7.47. The maximum atomic E-state index is 6.09. The lowest BCUT2D eigenvalue weighted by Crippen LogP contribution is -2.15. The van der Waals surface area contributed by atoms with Gasteiger partial charge < -0.3 is 23.4 Å². The third-order valence-corrected chi connectivity index (χ3v) is 28.8. The zero-order valence-corrected chi connectivity index (χ0v) is 78.8. The van der Waals surface area contributed by atoms with E-state index in [-0.39, 0.29) is 0 Å². The molecule has 0 spiro atoms. The lowest BCUT2D eigenvalue weighted by atomic mass is 10.0. The maximum Gasteiger partial charge on any atom is 0.151 e. The summed E-state index contributed by atoms with van der Waals surface area (Å²) in [7, 11) is 0. The molecule has 5 aromatic heterocycles. The molecular formula is C125H96N2O3S4. The number of anilines is 6. The fourth-order valence-electron chi connectivity index (χ4n) is 17.6. The zero-order valence-electron chi connectivity index (χ0n) is 75.6. The largest absolute Gasteiger partial charge is 0.455 e. The van der Waals surface area contributed by atoms with Gasteiger partial charge in [-0.25, -0.2) is 0 Å². The average Bonchev–Trinajstić information content (AvgIpc) is 1.02. The highest BCUT2D eigenvalue weighted by molar-refractivity contribution is 7.99. The molecule has 2 aliphatic heterocycles. The van der Waals surface area contributed by atoms with Gasteiger partial charge in [-0.1, -0.05) is 368 Å². The number of rotatable bonds is 7. The Balaban J connectivity index is 0.0000000975. The van der Waals surface area contributed by atoms with Gasteiger partial charge in [-0.3, -0.25) is 0 Å². The van der Waals surface area contributed by atoms with Crippen molar-refractivity contribution in [1.82, 2.24) is 0 Å². The van der Waals surface area contributed by atoms with E-state index in [9.17, 15) is 0 Å². The minimum atomic E-state index is 0.888. The van der Waals surface area contributed by atoms with Gasteiger partial charge in [0, 0.05) is 104 Å². The summed E-state index contributed by atoms with van der Waals surface area (Å²) in [6.45, 7) is 14.9. The SMILES string of the molecule is Cc1ccc(-c2cccc3c2oc2ccccc23)cc1.Cc1ccc(-c2cccc3c2sc2ccccc23)cc1.Cc1ccc(-c2ccccc2)s1.Cc1ccc2c(c1)Oc1ccccc1N2c1ccccc1.Cc1ccc2c(c1)Sc1ccccc1N2c1ccccc1.Cc1ccc2oc3c(-c4ccccc4)cccc3c2c1.Cc1ccc2sc3c(-c4ccccc4)cccc3c2c1. The molecule has 0 atom stereocenters. The minimum Gasteiger partial charge on any atom is -0.455 e. The van der Waals surface area contributed by atoms with Crippen LogP contribution < -0.4 is 14.5 Å². The van der Waals surface area contributed by atoms with Gasteiger partial charge in [-0.05, 0) is 220 Å². The summed E-state index contributed by atoms with van der Waals surface area (Å²) < 4.78 is 23.7. The Morgan fingerprint density at radius 1 is 0.216 bits per heavy atom. The molecule has 26 rings (SSSR count). The van der Waals surface area contributed by atoms with Crippen molar-refractivity contribution in [1.29, 1.82) is 0 Å². The van der Waals surface area contributed by atoms with Crippen LogP contribution in [0.25, 0.3) is 139 Å². The van der Waals surface area contributed by atoms with E-state index in [1.165, 1.54) is 171 Å². The number of fused-ring (bicyclic) bond motifs is 16. The van der Waals surface area contributed by atoms with Crippen LogP contribution in [0.1, 0.15) is 38.3 Å². The number of aryl methyl sites for hydroxylation is 7. The first-order valence-electron chi connectivity index (χ1n) is 45.3. The van der Waals surface area contributed by atoms with E-state index < -0.39 is 0 Å². The van der Waals surface area contributed by atoms with Crippen LogP contribution in [0.5, 0.6) is 11.5 Å². The van der Waals surface area contributed by atoms with Crippen molar-refractivity contribution < 1.29 is 13.6 Å². The topological polar surface area (TPSA) is 42.0 Å². The molecule has 0 unspecified atom stereocenters. The molecule has 0 fully saturated rings. The highest BCUT2D eigenvalue weighted by atomic mass is 32.2. The number of furan rings is 2. The van der Waals surface area contributed by atoms with E-state index in [0.29, 0.717) is 0 Å². The van der Waals surface area contributed by atoms with Crippen molar-refractivity contribution in [3.8, 4) is 66.4 Å². The first-order chi connectivity index (χ1) is 65.8. The Hall–Kier alpha value is -15.3. The average molecular weight is 1800 g/mol. The number of benzene rings is 19. The summed E-state index contributed by atoms with van der Waals surface area (Å²) in [5.74, 6) is 1.79. The summed E-state index contributed by atoms with van der Waals surface area (Å²) in [5, 5.41) is 10.2. The van der Waals surface area contributed by atoms with E-state index in [2.05, 4.69) is 465 Å². The van der Waals surface area contributed by atoms with Crippen molar-refractivity contribution in [2.75, 3.05) is 9.80 Å². The maximum absolute atomic E-state index is 6.09. The van der Waals surface area contributed by atoms with E-state index >= 15 is 0 Å². The number of hydrogen-bond donors (Lipinski definition) is 0. The number of ether oxygens (including phenoxy) is 1. The van der Waals surface area contributed by atoms with E-state index in [1.807, 2.05) is 94.3 Å². The molecule has 0 aliphatic carbocycles. The highest BCUT2D eigenvalue weighted by Crippen LogP contribution is 2.54. The quantitative estimate of drug-likeness (QED) is 0.158. The second-order valence-corrected chi connectivity index (χ2v) is 38.3. The van der Waals surface area contributed by atoms with Gasteiger partial charge in [0.25, 0.3) is 0 Å². The van der Waals surface area contributed by atoms with Crippen LogP contribution in [0.2, 0.25) is 0 Å². The van der Waals surface area contributed by atoms with Crippen LogP contribution >= 0.6 is 45.8 Å². The molecule has 0 saturated heterocycles. The highest BCUT2D eigenvalue weighted by Gasteiger charge is 2.28. The predicted molar refractivity (Wildman–Crippen MR) is 577 cm³/mol. The smallest absolute Gasteiger partial charge is 0.151 e. The molecule has 7 heterocycles. The molecule has 19 aromatic carbocycles. The monoisotopic (exact) mass is 1800 g/mol. The summed E-state index contributed by atoms with van der Waals surface area (Å²) in [6.07, 6.45) is 0. The van der Waals surface area contributed by atoms with E-state index in [0.717, 1.165) is 62.0 Å². The van der Waals surface area contributed by atoms with Crippen LogP contribution in [0.4, 0.5) is 34.1 Å². The molecule has 0 bridgehead atoms. The Bertz CT molecular complexity index is 7810. The fraction of sp³-hybridized carbons (Fsp3) is 0.0560. The molecule has 24 aromatic rings. The number of nitrogens with zero attached hydrogens (tertiary/aromatic N) is 2. The van der Waals surface area contributed by atoms with Gasteiger partial charge in [-0.2, -0.15) is 0 Å². The fourth-order valence-corrected chi connectivity index (χ4v) is 22.0. The van der Waals surface area contributed by atoms with Crippen LogP contribution in [-0.4, -0.2) is 0 Å². The molecule has 0 radical (unpaired) electrons. The van der Waals surface area contributed by atoms with Crippen molar-refractivity contribution in [3.63, 3.8) is 0 Å². The third-order valence-electron chi connectivity index (χ3n) is 24.2. The lowest BCUT2D eigenvalue weighted by Gasteiger charge is -2.33. The summed E-state index contributed by atoms with van der Waals surface area (Å²) in [6, 6.07) is 160. The van der Waals surface area contributed by atoms with Crippen LogP contribution in [0.15, 0.2) is 474 Å². The Kier molecular flexibility index (Phi) is 25.5. The predicted octanol–water partition coefficient (Wildman–Crippen LogP) is 38.4. The molecule has 648 valence electrons. The number of hydrogen-bond acceptors (Lipinski definition) is 9. The zero-order chi connectivity index (χ0) is 91.0. The molecule has 5 nitrogen and oxygen atoms in total. The van der Waals surface area contributed by atoms with Gasteiger partial charge >= 0.3 is 0 Å². The van der Waals surface area contributed by atoms with Gasteiger partial charge in [-0.15, -0.1) is 34.0 Å². The lowest BCUT2D eigenvalue weighted by molar-refractivity contribution is 0.476. The number of para-hydroxylation sites is 8. The van der Waals surface area contributed by atoms with Gasteiger partial charge in [0.05, 0.1) is 22.7 Å². The molecule has 2 aliphatic rings. The van der Waals surface area contributed by atoms with Crippen LogP contribution in [0.3, 0.4) is 0 Å². The third kappa shape index (κ3) is 18.6. The summed E-state index contributed by atoms with van der Waals surface area (Å²) in [5.41, 5.74) is 29.7. The van der Waals surface area contributed by atoms with Gasteiger partial charge in [0.2, 0.25) is 0 Å². The molecule has 9 heteroatoms. The molecule has 0 saturated carbocycles. The van der Waals surface area contributed by atoms with Crippen molar-refractivity contribution in [2.24, 2.45) is 0 Å². The standard InChI is InChI=1S/C19H15NO.C19H15NS.2C19H14O.2C19H14S.C11H10S/c2*1-14-11-12-17-19(13-14)21-18-10-6-5-9-16(18)20(17)15-7-3-2-4-8-15;1-13-9-11-14(12-10-13)15-6-4-7-17-16-5-2-3-8-18(16)20-19(15)17;1-13-10-11-18-17(12-13)16-9-5-8-15(19(16)20-18)14-6-3-2-4-7-14;1-13-9-11-14(12-10-13)15-6-4-7-17-16-5-2-3-8-18(16)20-19(15)17;1-13-10-11-18-17(12-13)16-9-5-8-15(19(16)20-18)14-6-3-2-4-7-14;1-9-7-8-11(12-9)10-5-3-2-4-6-10/h2*2-13H,1H3;4*2-12H,1H3;2-8H,1H3. The first-order valence-corrected chi connectivity index (χ1v) is 48.6. The second kappa shape index (κ2) is 39.4. The Labute approximate surface area is 799 Å². The van der Waals surface area contributed by atoms with Crippen molar-refractivity contribution in [3.05, 3.63) is 493 Å². The van der Waals surface area contributed by atoms with Gasteiger partial charge in [0.15, 0.2) is 11.5 Å². The van der Waals surface area contributed by atoms with E-state index in [4.69, 9.17) is 13.6 Å². The van der Waals surface area contributed by atoms with Crippen LogP contribution in [0, 0.1) is 48.5 Å². The first kappa shape index (κ1) is 86.7. The molecule has 0 N–H and O–H groups in total.